The van der Waals surface area contributed by atoms with Gasteiger partial charge in [0.05, 0.1) is 11.4 Å². The molecule has 0 amide bonds. The molecule has 2 nitrogen and oxygen atoms in total. The van der Waals surface area contributed by atoms with Crippen molar-refractivity contribution in [3.05, 3.63) is 64.6 Å². The third-order valence-corrected chi connectivity index (χ3v) is 3.93. The predicted molar refractivity (Wildman–Crippen MR) is 85.7 cm³/mol. The van der Waals surface area contributed by atoms with Crippen molar-refractivity contribution in [3.63, 3.8) is 0 Å². The van der Waals surface area contributed by atoms with E-state index >= 15 is 0 Å². The van der Waals surface area contributed by atoms with E-state index in [1.165, 1.54) is 6.07 Å². The third kappa shape index (κ3) is 2.56. The van der Waals surface area contributed by atoms with Crippen molar-refractivity contribution < 1.29 is 8.78 Å². The van der Waals surface area contributed by atoms with Gasteiger partial charge in [0, 0.05) is 21.6 Å². The number of hydrogen-bond donors (Lipinski definition) is 2. The number of rotatable bonds is 2. The molecule has 0 aromatic heterocycles. The van der Waals surface area contributed by atoms with Crippen LogP contribution < -0.4 is 11.1 Å². The van der Waals surface area contributed by atoms with Crippen molar-refractivity contribution in [3.8, 4) is 0 Å². The van der Waals surface area contributed by atoms with Crippen LogP contribution >= 0.6 is 15.9 Å². The first-order valence-corrected chi connectivity index (χ1v) is 7.04. The highest BCUT2D eigenvalue weighted by atomic mass is 79.9. The van der Waals surface area contributed by atoms with Gasteiger partial charge in [0.15, 0.2) is 5.82 Å². The Labute approximate surface area is 128 Å². The smallest absolute Gasteiger partial charge is 0.151 e. The van der Waals surface area contributed by atoms with Gasteiger partial charge in [-0.05, 0) is 23.6 Å². The topological polar surface area (TPSA) is 38.0 Å². The van der Waals surface area contributed by atoms with Crippen molar-refractivity contribution in [2.24, 2.45) is 0 Å². The Kier molecular flexibility index (Phi) is 3.51. The Morgan fingerprint density at radius 2 is 1.62 bits per heavy atom. The normalized spacial score (nSPS) is 10.8. The molecule has 3 rings (SSSR count). The molecule has 0 aliphatic carbocycles. The van der Waals surface area contributed by atoms with Crippen LogP contribution in [0, 0.1) is 11.6 Å². The zero-order chi connectivity index (χ0) is 15.0. The summed E-state index contributed by atoms with van der Waals surface area (Å²) >= 11 is 3.48. The first-order valence-electron chi connectivity index (χ1n) is 6.25. The molecule has 0 spiro atoms. The number of nitrogens with two attached hydrogens (primary N) is 1. The molecule has 106 valence electrons. The molecule has 0 radical (unpaired) electrons. The minimum atomic E-state index is -0.779. The molecule has 0 fully saturated rings. The zero-order valence-corrected chi connectivity index (χ0v) is 12.4. The quantitative estimate of drug-likeness (QED) is 0.624. The van der Waals surface area contributed by atoms with E-state index in [1.54, 1.807) is 0 Å². The minimum Gasteiger partial charge on any atom is -0.395 e. The van der Waals surface area contributed by atoms with Crippen LogP contribution in [0.3, 0.4) is 0 Å². The van der Waals surface area contributed by atoms with E-state index in [1.807, 2.05) is 36.4 Å². The molecule has 0 aliphatic heterocycles. The summed E-state index contributed by atoms with van der Waals surface area (Å²) in [6, 6.07) is 13.3. The second-order valence-electron chi connectivity index (χ2n) is 4.61. The van der Waals surface area contributed by atoms with Crippen LogP contribution in [0.4, 0.5) is 25.8 Å². The van der Waals surface area contributed by atoms with Gasteiger partial charge in [0.1, 0.15) is 5.82 Å². The first-order chi connectivity index (χ1) is 10.1. The van der Waals surface area contributed by atoms with Gasteiger partial charge in [0.25, 0.3) is 0 Å². The number of halogens is 3. The maximum Gasteiger partial charge on any atom is 0.151 e. The average Bonchev–Trinajstić information content (AvgIpc) is 2.47. The Morgan fingerprint density at radius 1 is 0.905 bits per heavy atom. The van der Waals surface area contributed by atoms with Crippen molar-refractivity contribution in [2.45, 2.75) is 0 Å². The maximum absolute atomic E-state index is 13.5. The lowest BCUT2D eigenvalue weighted by atomic mass is 10.1. The van der Waals surface area contributed by atoms with Crippen LogP contribution in [-0.4, -0.2) is 0 Å². The molecule has 0 heterocycles. The molecule has 3 aromatic rings. The van der Waals surface area contributed by atoms with Gasteiger partial charge in [0.2, 0.25) is 0 Å². The van der Waals surface area contributed by atoms with Crippen LogP contribution in [0.2, 0.25) is 0 Å². The average molecular weight is 349 g/mol. The van der Waals surface area contributed by atoms with Crippen LogP contribution in [-0.2, 0) is 0 Å². The lowest BCUT2D eigenvalue weighted by molar-refractivity contribution is 0.587. The fourth-order valence-electron chi connectivity index (χ4n) is 2.20. The van der Waals surface area contributed by atoms with E-state index in [9.17, 15) is 8.78 Å². The largest absolute Gasteiger partial charge is 0.395 e. The van der Waals surface area contributed by atoms with Crippen LogP contribution in [0.25, 0.3) is 10.8 Å². The Balaban J connectivity index is 2.13. The van der Waals surface area contributed by atoms with Gasteiger partial charge in [-0.2, -0.15) is 0 Å². The predicted octanol–water partition coefficient (Wildman–Crippen LogP) is 5.21. The van der Waals surface area contributed by atoms with Crippen molar-refractivity contribution >= 4 is 43.8 Å². The molecular weight excluding hydrogens is 338 g/mol. The van der Waals surface area contributed by atoms with E-state index in [-0.39, 0.29) is 11.4 Å². The lowest BCUT2D eigenvalue weighted by Crippen LogP contribution is -2.00. The van der Waals surface area contributed by atoms with Crippen LogP contribution in [0.15, 0.2) is 53.0 Å². The number of hydrogen-bond acceptors (Lipinski definition) is 2. The molecule has 21 heavy (non-hydrogen) atoms. The van der Waals surface area contributed by atoms with Gasteiger partial charge in [-0.25, -0.2) is 8.78 Å². The van der Waals surface area contributed by atoms with E-state index in [0.717, 1.165) is 27.0 Å². The monoisotopic (exact) mass is 348 g/mol. The molecule has 5 heteroatoms. The molecule has 3 N–H and O–H groups in total. The van der Waals surface area contributed by atoms with Gasteiger partial charge >= 0.3 is 0 Å². The van der Waals surface area contributed by atoms with Gasteiger partial charge in [-0.15, -0.1) is 0 Å². The summed E-state index contributed by atoms with van der Waals surface area (Å²) in [5, 5.41) is 4.92. The fraction of sp³-hybridized carbons (Fsp3) is 0. The molecule has 0 saturated carbocycles. The molecule has 0 saturated heterocycles. The zero-order valence-electron chi connectivity index (χ0n) is 10.8. The standard InChI is InChI=1S/C16H11BrF2N2/c17-12-5-6-14(11-4-2-1-3-10(11)12)21-15-8-9(18)7-13(19)16(15)20/h1-8,21H,20H2. The van der Waals surface area contributed by atoms with Crippen molar-refractivity contribution in [1.82, 2.24) is 0 Å². The SMILES string of the molecule is Nc1c(F)cc(F)cc1Nc1ccc(Br)c2ccccc12. The first kappa shape index (κ1) is 13.8. The fourth-order valence-corrected chi connectivity index (χ4v) is 2.68. The van der Waals surface area contributed by atoms with E-state index in [4.69, 9.17) is 5.73 Å². The maximum atomic E-state index is 13.5. The number of anilines is 3. The molecule has 0 bridgehead atoms. The van der Waals surface area contributed by atoms with E-state index in [0.29, 0.717) is 0 Å². The summed E-state index contributed by atoms with van der Waals surface area (Å²) in [4.78, 5) is 0. The number of fused-ring (bicyclic) bond motifs is 1. The molecule has 0 aliphatic rings. The molecule has 0 unspecified atom stereocenters. The number of nitrogens with one attached hydrogen (secondary N) is 1. The molecular formula is C16H11BrF2N2. The minimum absolute atomic E-state index is 0.108. The van der Waals surface area contributed by atoms with Gasteiger partial charge in [-0.1, -0.05) is 40.2 Å². The summed E-state index contributed by atoms with van der Waals surface area (Å²) in [5.74, 6) is -1.45. The summed E-state index contributed by atoms with van der Waals surface area (Å²) in [5.41, 5.74) is 6.49. The van der Waals surface area contributed by atoms with E-state index < -0.39 is 11.6 Å². The summed E-state index contributed by atoms with van der Waals surface area (Å²) in [6.07, 6.45) is 0. The number of benzene rings is 3. The lowest BCUT2D eigenvalue weighted by Gasteiger charge is -2.13. The highest BCUT2D eigenvalue weighted by molar-refractivity contribution is 9.10. The highest BCUT2D eigenvalue weighted by Gasteiger charge is 2.10. The second-order valence-corrected chi connectivity index (χ2v) is 5.47. The van der Waals surface area contributed by atoms with Crippen LogP contribution in [0.1, 0.15) is 0 Å². The third-order valence-electron chi connectivity index (χ3n) is 3.23. The van der Waals surface area contributed by atoms with Crippen molar-refractivity contribution in [2.75, 3.05) is 11.1 Å². The summed E-state index contributed by atoms with van der Waals surface area (Å²) in [6.45, 7) is 0. The second kappa shape index (κ2) is 5.33. The Hall–Kier alpha value is -2.14. The summed E-state index contributed by atoms with van der Waals surface area (Å²) < 4.78 is 27.8. The molecule has 0 atom stereocenters. The highest BCUT2D eigenvalue weighted by Crippen LogP contribution is 2.34. The van der Waals surface area contributed by atoms with Gasteiger partial charge in [-0.3, -0.25) is 0 Å². The van der Waals surface area contributed by atoms with Gasteiger partial charge < -0.3 is 11.1 Å². The van der Waals surface area contributed by atoms with Crippen molar-refractivity contribution in [1.29, 1.82) is 0 Å². The Morgan fingerprint density at radius 3 is 2.38 bits per heavy atom. The molecule has 3 aromatic carbocycles. The van der Waals surface area contributed by atoms with Crippen LogP contribution in [0.5, 0.6) is 0 Å². The Bertz CT molecular complexity index is 834. The van der Waals surface area contributed by atoms with E-state index in [2.05, 4.69) is 21.2 Å². The number of nitrogen functional groups attached to an aromatic ring is 1. The summed E-state index contributed by atoms with van der Waals surface area (Å²) in [7, 11) is 0.